The van der Waals surface area contributed by atoms with Gasteiger partial charge in [-0.25, -0.2) is 4.79 Å². The number of pyridine rings is 1. The van der Waals surface area contributed by atoms with Crippen LogP contribution < -0.4 is 5.32 Å². The van der Waals surface area contributed by atoms with Crippen molar-refractivity contribution in [2.75, 3.05) is 19.3 Å². The lowest BCUT2D eigenvalue weighted by molar-refractivity contribution is 0.207. The summed E-state index contributed by atoms with van der Waals surface area (Å²) in [5.41, 5.74) is 1.05. The van der Waals surface area contributed by atoms with Gasteiger partial charge in [0.1, 0.15) is 0 Å². The molecule has 1 aromatic rings. The Kier molecular flexibility index (Phi) is 6.86. The highest BCUT2D eigenvalue weighted by Crippen LogP contribution is 2.27. The normalized spacial score (nSPS) is 15.7. The second-order valence-electron chi connectivity index (χ2n) is 5.58. The summed E-state index contributed by atoms with van der Waals surface area (Å²) < 4.78 is 0. The minimum atomic E-state index is -0.0110. The van der Waals surface area contributed by atoms with Crippen LogP contribution in [0, 0.1) is 0 Å². The summed E-state index contributed by atoms with van der Waals surface area (Å²) in [5, 5.41) is 3.80. The molecular formula is C16H25N3OS. The molecule has 5 heteroatoms. The molecule has 0 saturated heterocycles. The van der Waals surface area contributed by atoms with Gasteiger partial charge in [-0.05, 0) is 24.5 Å². The Morgan fingerprint density at radius 1 is 1.43 bits per heavy atom. The first kappa shape index (κ1) is 16.1. The van der Waals surface area contributed by atoms with Crippen LogP contribution in [-0.2, 0) is 6.54 Å². The van der Waals surface area contributed by atoms with Gasteiger partial charge in [0, 0.05) is 43.5 Å². The monoisotopic (exact) mass is 307 g/mol. The maximum absolute atomic E-state index is 12.0. The molecule has 0 aromatic carbocycles. The van der Waals surface area contributed by atoms with Crippen molar-refractivity contribution in [1.82, 2.24) is 15.2 Å². The molecule has 0 spiro atoms. The average Bonchev–Trinajstić information content (AvgIpc) is 2.53. The fraction of sp³-hybridized carbons (Fsp3) is 0.625. The van der Waals surface area contributed by atoms with E-state index in [1.54, 1.807) is 17.3 Å². The van der Waals surface area contributed by atoms with Gasteiger partial charge in [0.15, 0.2) is 0 Å². The zero-order valence-corrected chi connectivity index (χ0v) is 13.6. The van der Waals surface area contributed by atoms with Gasteiger partial charge in [0.25, 0.3) is 0 Å². The second kappa shape index (κ2) is 8.93. The molecule has 116 valence electrons. The van der Waals surface area contributed by atoms with E-state index >= 15 is 0 Å². The first-order valence-electron chi connectivity index (χ1n) is 7.75. The van der Waals surface area contributed by atoms with Crippen molar-refractivity contribution in [3.63, 3.8) is 0 Å². The Morgan fingerprint density at radius 2 is 2.24 bits per heavy atom. The standard InChI is InChI=1S/C16H25N3OS/c1-19(13-14-6-5-9-17-12-14)16(20)18-10-11-21-15-7-3-2-4-8-15/h5-6,9,12,15H,2-4,7-8,10-11,13H2,1H3,(H,18,20). The lowest BCUT2D eigenvalue weighted by Crippen LogP contribution is -2.38. The molecule has 0 unspecified atom stereocenters. The lowest BCUT2D eigenvalue weighted by Gasteiger charge is -2.21. The molecular weight excluding hydrogens is 282 g/mol. The Bertz CT molecular complexity index is 421. The zero-order valence-electron chi connectivity index (χ0n) is 12.8. The number of amides is 2. The molecule has 2 amide bonds. The number of nitrogens with one attached hydrogen (secondary N) is 1. The lowest BCUT2D eigenvalue weighted by atomic mass is 10.0. The summed E-state index contributed by atoms with van der Waals surface area (Å²) in [5.74, 6) is 1.01. The first-order valence-corrected chi connectivity index (χ1v) is 8.80. The van der Waals surface area contributed by atoms with E-state index in [-0.39, 0.29) is 6.03 Å². The van der Waals surface area contributed by atoms with E-state index < -0.39 is 0 Å². The van der Waals surface area contributed by atoms with E-state index in [9.17, 15) is 4.79 Å². The highest BCUT2D eigenvalue weighted by atomic mass is 32.2. The van der Waals surface area contributed by atoms with E-state index in [0.29, 0.717) is 6.54 Å². The Labute approximate surface area is 131 Å². The van der Waals surface area contributed by atoms with E-state index in [1.807, 2.05) is 30.9 Å². The predicted octanol–water partition coefficient (Wildman–Crippen LogP) is 3.29. The van der Waals surface area contributed by atoms with E-state index in [2.05, 4.69) is 10.3 Å². The average molecular weight is 307 g/mol. The van der Waals surface area contributed by atoms with Crippen LogP contribution in [0.4, 0.5) is 4.79 Å². The van der Waals surface area contributed by atoms with Crippen molar-refractivity contribution >= 4 is 17.8 Å². The van der Waals surface area contributed by atoms with Crippen molar-refractivity contribution in [1.29, 1.82) is 0 Å². The second-order valence-corrected chi connectivity index (χ2v) is 6.99. The molecule has 0 bridgehead atoms. The number of rotatable bonds is 6. The van der Waals surface area contributed by atoms with E-state index in [0.717, 1.165) is 23.1 Å². The van der Waals surface area contributed by atoms with Crippen LogP contribution >= 0.6 is 11.8 Å². The predicted molar refractivity (Wildman–Crippen MR) is 88.4 cm³/mol. The van der Waals surface area contributed by atoms with Crippen molar-refractivity contribution in [3.05, 3.63) is 30.1 Å². The maximum Gasteiger partial charge on any atom is 0.317 e. The largest absolute Gasteiger partial charge is 0.337 e. The van der Waals surface area contributed by atoms with Gasteiger partial charge in [0.2, 0.25) is 0 Å². The summed E-state index contributed by atoms with van der Waals surface area (Å²) in [6, 6.07) is 3.86. The zero-order chi connectivity index (χ0) is 14.9. The topological polar surface area (TPSA) is 45.2 Å². The van der Waals surface area contributed by atoms with Crippen LogP contribution in [0.3, 0.4) is 0 Å². The number of carbonyl (C=O) groups is 1. The fourth-order valence-electron chi connectivity index (χ4n) is 2.59. The third kappa shape index (κ3) is 5.96. The Balaban J connectivity index is 1.60. The van der Waals surface area contributed by atoms with Gasteiger partial charge < -0.3 is 10.2 Å². The van der Waals surface area contributed by atoms with Gasteiger partial charge in [-0.2, -0.15) is 11.8 Å². The Hall–Kier alpha value is -1.23. The highest BCUT2D eigenvalue weighted by Gasteiger charge is 2.14. The molecule has 0 atom stereocenters. The van der Waals surface area contributed by atoms with Crippen molar-refractivity contribution in [2.24, 2.45) is 0 Å². The third-order valence-electron chi connectivity index (χ3n) is 3.77. The molecule has 21 heavy (non-hydrogen) atoms. The number of hydrogen-bond donors (Lipinski definition) is 1. The molecule has 1 fully saturated rings. The number of aromatic nitrogens is 1. The summed E-state index contributed by atoms with van der Waals surface area (Å²) in [7, 11) is 1.82. The quantitative estimate of drug-likeness (QED) is 0.820. The fourth-order valence-corrected chi connectivity index (χ4v) is 3.81. The van der Waals surface area contributed by atoms with Crippen LogP contribution in [0.2, 0.25) is 0 Å². The van der Waals surface area contributed by atoms with Crippen molar-refractivity contribution in [2.45, 2.75) is 43.9 Å². The van der Waals surface area contributed by atoms with Gasteiger partial charge in [-0.3, -0.25) is 4.98 Å². The molecule has 2 rings (SSSR count). The number of hydrogen-bond acceptors (Lipinski definition) is 3. The van der Waals surface area contributed by atoms with Crippen LogP contribution in [0.5, 0.6) is 0 Å². The number of carbonyl (C=O) groups excluding carboxylic acids is 1. The summed E-state index contributed by atoms with van der Waals surface area (Å²) in [4.78, 5) is 17.7. The minimum Gasteiger partial charge on any atom is -0.337 e. The molecule has 1 aliphatic rings. The smallest absolute Gasteiger partial charge is 0.317 e. The van der Waals surface area contributed by atoms with Gasteiger partial charge in [-0.1, -0.05) is 25.3 Å². The van der Waals surface area contributed by atoms with E-state index in [4.69, 9.17) is 0 Å². The summed E-state index contributed by atoms with van der Waals surface area (Å²) in [6.07, 6.45) is 10.4. The maximum atomic E-state index is 12.0. The molecule has 1 saturated carbocycles. The summed E-state index contributed by atoms with van der Waals surface area (Å²) >= 11 is 2.01. The van der Waals surface area contributed by atoms with Crippen LogP contribution in [0.15, 0.2) is 24.5 Å². The van der Waals surface area contributed by atoms with Crippen LogP contribution in [0.1, 0.15) is 37.7 Å². The SMILES string of the molecule is CN(Cc1cccnc1)C(=O)NCCSC1CCCCC1. The minimum absolute atomic E-state index is 0.0110. The molecule has 4 nitrogen and oxygen atoms in total. The first-order chi connectivity index (χ1) is 10.3. The third-order valence-corrected chi connectivity index (χ3v) is 5.16. The molecule has 0 aliphatic heterocycles. The van der Waals surface area contributed by atoms with Gasteiger partial charge in [0.05, 0.1) is 0 Å². The van der Waals surface area contributed by atoms with Crippen molar-refractivity contribution < 1.29 is 4.79 Å². The molecule has 0 radical (unpaired) electrons. The van der Waals surface area contributed by atoms with Gasteiger partial charge in [-0.15, -0.1) is 0 Å². The summed E-state index contributed by atoms with van der Waals surface area (Å²) in [6.45, 7) is 1.34. The van der Waals surface area contributed by atoms with Crippen LogP contribution in [0.25, 0.3) is 0 Å². The molecule has 1 aromatic heterocycles. The molecule has 1 N–H and O–H groups in total. The van der Waals surface area contributed by atoms with E-state index in [1.165, 1.54) is 32.1 Å². The Morgan fingerprint density at radius 3 is 2.95 bits per heavy atom. The van der Waals surface area contributed by atoms with Gasteiger partial charge >= 0.3 is 6.03 Å². The van der Waals surface area contributed by atoms with Crippen molar-refractivity contribution in [3.8, 4) is 0 Å². The molecule has 1 aliphatic carbocycles. The highest BCUT2D eigenvalue weighted by molar-refractivity contribution is 7.99. The number of nitrogens with zero attached hydrogens (tertiary/aromatic N) is 2. The number of thioether (sulfide) groups is 1. The molecule has 1 heterocycles. The number of urea groups is 1. The van der Waals surface area contributed by atoms with Crippen LogP contribution in [-0.4, -0.2) is 40.5 Å².